The second-order valence-corrected chi connectivity index (χ2v) is 7.06. The van der Waals surface area contributed by atoms with E-state index in [1.54, 1.807) is 0 Å². The van der Waals surface area contributed by atoms with Crippen LogP contribution in [0.15, 0.2) is 103 Å². The zero-order valence-corrected chi connectivity index (χ0v) is 16.0. The van der Waals surface area contributed by atoms with E-state index in [0.29, 0.717) is 0 Å². The smallest absolute Gasteiger partial charge is 0.213 e. The first-order valence-electron chi connectivity index (χ1n) is 9.81. The van der Waals surface area contributed by atoms with Gasteiger partial charge in [0.2, 0.25) is 6.35 Å². The van der Waals surface area contributed by atoms with Gasteiger partial charge in [0.05, 0.1) is 0 Å². The second-order valence-electron chi connectivity index (χ2n) is 7.06. The van der Waals surface area contributed by atoms with E-state index in [2.05, 4.69) is 82.6 Å². The molecule has 1 aliphatic rings. The minimum absolute atomic E-state index is 0.141. The van der Waals surface area contributed by atoms with Gasteiger partial charge < -0.3 is 4.74 Å². The molecule has 3 aromatic carbocycles. The maximum atomic E-state index is 6.52. The van der Waals surface area contributed by atoms with E-state index in [-0.39, 0.29) is 6.35 Å². The van der Waals surface area contributed by atoms with Gasteiger partial charge in [0.15, 0.2) is 0 Å². The summed E-state index contributed by atoms with van der Waals surface area (Å²) in [5, 5.41) is 0. The molecule has 0 fully saturated rings. The first-order chi connectivity index (χ1) is 13.9. The Morgan fingerprint density at radius 1 is 0.607 bits per heavy atom. The van der Waals surface area contributed by atoms with E-state index < -0.39 is 0 Å². The lowest BCUT2D eigenvalue weighted by Crippen LogP contribution is -2.50. The first-order valence-corrected chi connectivity index (χ1v) is 9.81. The fraction of sp³-hybridized carbons (Fsp3) is 0.200. The lowest BCUT2D eigenvalue weighted by Gasteiger charge is -2.37. The molecule has 4 rings (SSSR count). The molecule has 0 N–H and O–H groups in total. The van der Waals surface area contributed by atoms with E-state index in [1.807, 2.05) is 30.3 Å². The Morgan fingerprint density at radius 2 is 1.04 bits per heavy atom. The van der Waals surface area contributed by atoms with E-state index in [4.69, 9.17) is 4.74 Å². The van der Waals surface area contributed by atoms with Crippen LogP contribution in [0, 0.1) is 0 Å². The summed E-state index contributed by atoms with van der Waals surface area (Å²) in [6.45, 7) is 3.40. The molecule has 3 nitrogen and oxygen atoms in total. The highest BCUT2D eigenvalue weighted by Gasteiger charge is 2.28. The van der Waals surface area contributed by atoms with Gasteiger partial charge in [0.25, 0.3) is 0 Å². The zero-order chi connectivity index (χ0) is 19.0. The Balaban J connectivity index is 1.61. The number of benzene rings is 3. The quantitative estimate of drug-likeness (QED) is 0.573. The standard InChI is InChI=1S/C25H26N2O/c1-4-12-22(13-5-1)20-26-18-10-11-19-27(21-23-14-6-2-7-15-23)25(26)28-24-16-8-3-9-17-24/h1-17,25H,18-21H2. The van der Waals surface area contributed by atoms with Gasteiger partial charge in [-0.05, 0) is 23.3 Å². The normalized spacial score (nSPS) is 16.0. The molecule has 3 heteroatoms. The maximum Gasteiger partial charge on any atom is 0.213 e. The van der Waals surface area contributed by atoms with Crippen LogP contribution in [0.1, 0.15) is 11.1 Å². The molecule has 1 aliphatic heterocycles. The van der Waals surface area contributed by atoms with Crippen molar-refractivity contribution in [2.45, 2.75) is 19.4 Å². The number of para-hydroxylation sites is 1. The van der Waals surface area contributed by atoms with Crippen molar-refractivity contribution in [1.82, 2.24) is 9.80 Å². The van der Waals surface area contributed by atoms with Crippen LogP contribution in [0.3, 0.4) is 0 Å². The average Bonchev–Trinajstić information content (AvgIpc) is 2.93. The molecular weight excluding hydrogens is 344 g/mol. The third-order valence-electron chi connectivity index (χ3n) is 4.91. The number of ether oxygens (including phenoxy) is 1. The highest BCUT2D eigenvalue weighted by molar-refractivity contribution is 5.22. The van der Waals surface area contributed by atoms with Crippen molar-refractivity contribution < 1.29 is 4.74 Å². The number of nitrogens with zero attached hydrogens (tertiary/aromatic N) is 2. The Kier molecular flexibility index (Phi) is 6.18. The van der Waals surface area contributed by atoms with Gasteiger partial charge >= 0.3 is 0 Å². The molecule has 1 heterocycles. The van der Waals surface area contributed by atoms with Crippen molar-refractivity contribution in [3.63, 3.8) is 0 Å². The molecule has 28 heavy (non-hydrogen) atoms. The summed E-state index contributed by atoms with van der Waals surface area (Å²) in [6.07, 6.45) is 4.35. The lowest BCUT2D eigenvalue weighted by atomic mass is 10.2. The molecule has 0 aromatic heterocycles. The van der Waals surface area contributed by atoms with E-state index in [1.165, 1.54) is 11.1 Å². The molecule has 0 saturated heterocycles. The molecule has 142 valence electrons. The van der Waals surface area contributed by atoms with Crippen molar-refractivity contribution in [1.29, 1.82) is 0 Å². The van der Waals surface area contributed by atoms with Gasteiger partial charge in [-0.25, -0.2) is 9.80 Å². The monoisotopic (exact) mass is 370 g/mol. The molecule has 0 unspecified atom stereocenters. The SMILES string of the molecule is C1=CCN(Cc2ccccc2)C(Oc2ccccc2)N(Cc2ccccc2)C1. The van der Waals surface area contributed by atoms with Crippen molar-refractivity contribution >= 4 is 0 Å². The second kappa shape index (κ2) is 9.36. The van der Waals surface area contributed by atoms with Gasteiger partial charge in [0, 0.05) is 26.2 Å². The van der Waals surface area contributed by atoms with Crippen LogP contribution in [0.25, 0.3) is 0 Å². The van der Waals surface area contributed by atoms with Crippen LogP contribution in [-0.2, 0) is 13.1 Å². The molecule has 0 atom stereocenters. The fourth-order valence-corrected chi connectivity index (χ4v) is 3.52. The van der Waals surface area contributed by atoms with Crippen LogP contribution in [-0.4, -0.2) is 29.2 Å². The Bertz CT molecular complexity index is 811. The van der Waals surface area contributed by atoms with Gasteiger partial charge in [-0.2, -0.15) is 0 Å². The molecular formula is C25H26N2O. The van der Waals surface area contributed by atoms with Crippen molar-refractivity contribution in [3.8, 4) is 5.75 Å². The highest BCUT2D eigenvalue weighted by atomic mass is 16.5. The highest BCUT2D eigenvalue weighted by Crippen LogP contribution is 2.21. The van der Waals surface area contributed by atoms with E-state index in [9.17, 15) is 0 Å². The molecule has 0 radical (unpaired) electrons. The topological polar surface area (TPSA) is 15.7 Å². The largest absolute Gasteiger partial charge is 0.462 e. The van der Waals surface area contributed by atoms with Crippen LogP contribution >= 0.6 is 0 Å². The lowest BCUT2D eigenvalue weighted by molar-refractivity contribution is -0.0892. The minimum Gasteiger partial charge on any atom is -0.462 e. The Morgan fingerprint density at radius 3 is 1.50 bits per heavy atom. The third-order valence-corrected chi connectivity index (χ3v) is 4.91. The summed E-state index contributed by atoms with van der Waals surface area (Å²) in [5.74, 6) is 0.894. The van der Waals surface area contributed by atoms with Crippen LogP contribution in [0.5, 0.6) is 5.75 Å². The molecule has 3 aromatic rings. The number of rotatable bonds is 6. The van der Waals surface area contributed by atoms with Crippen LogP contribution in [0.4, 0.5) is 0 Å². The average molecular weight is 370 g/mol. The summed E-state index contributed by atoms with van der Waals surface area (Å²) < 4.78 is 6.52. The van der Waals surface area contributed by atoms with Crippen LogP contribution < -0.4 is 4.74 Å². The Labute approximate surface area is 167 Å². The predicted octanol–water partition coefficient (Wildman–Crippen LogP) is 4.92. The van der Waals surface area contributed by atoms with Gasteiger partial charge in [0.1, 0.15) is 5.75 Å². The fourth-order valence-electron chi connectivity index (χ4n) is 3.52. The molecule has 0 amide bonds. The van der Waals surface area contributed by atoms with Gasteiger partial charge in [-0.3, -0.25) is 0 Å². The number of hydrogen-bond donors (Lipinski definition) is 0. The first kappa shape index (κ1) is 18.5. The predicted molar refractivity (Wildman–Crippen MR) is 114 cm³/mol. The molecule has 0 spiro atoms. The zero-order valence-electron chi connectivity index (χ0n) is 16.0. The number of hydrogen-bond acceptors (Lipinski definition) is 3. The molecule has 0 bridgehead atoms. The summed E-state index contributed by atoms with van der Waals surface area (Å²) in [6, 6.07) is 31.3. The van der Waals surface area contributed by atoms with Crippen molar-refractivity contribution in [2.24, 2.45) is 0 Å². The Hall–Kier alpha value is -2.88. The molecule has 0 aliphatic carbocycles. The molecule has 0 saturated carbocycles. The van der Waals surface area contributed by atoms with Crippen molar-refractivity contribution in [3.05, 3.63) is 114 Å². The summed E-state index contributed by atoms with van der Waals surface area (Å²) in [5.41, 5.74) is 2.58. The van der Waals surface area contributed by atoms with Gasteiger partial charge in [-0.15, -0.1) is 0 Å². The summed E-state index contributed by atoms with van der Waals surface area (Å²) in [4.78, 5) is 4.77. The summed E-state index contributed by atoms with van der Waals surface area (Å²) >= 11 is 0. The minimum atomic E-state index is -0.141. The van der Waals surface area contributed by atoms with Crippen LogP contribution in [0.2, 0.25) is 0 Å². The summed E-state index contributed by atoms with van der Waals surface area (Å²) in [7, 11) is 0. The van der Waals surface area contributed by atoms with E-state index in [0.717, 1.165) is 31.9 Å². The maximum absolute atomic E-state index is 6.52. The van der Waals surface area contributed by atoms with Crippen molar-refractivity contribution in [2.75, 3.05) is 13.1 Å². The van der Waals surface area contributed by atoms with E-state index >= 15 is 0 Å². The van der Waals surface area contributed by atoms with Gasteiger partial charge in [-0.1, -0.05) is 91.0 Å². The third kappa shape index (κ3) is 4.89.